The summed E-state index contributed by atoms with van der Waals surface area (Å²) in [6, 6.07) is 5.88. The van der Waals surface area contributed by atoms with Crippen molar-refractivity contribution in [2.24, 2.45) is 0 Å². The number of hydrogen-bond donors (Lipinski definition) is 2. The van der Waals surface area contributed by atoms with Crippen molar-refractivity contribution in [1.82, 2.24) is 5.32 Å². The second kappa shape index (κ2) is 3.62. The molecule has 0 amide bonds. The molecule has 2 atom stereocenters. The van der Waals surface area contributed by atoms with Crippen LogP contribution in [0.15, 0.2) is 18.2 Å². The molecule has 4 heteroatoms. The number of nitrogens with one attached hydrogen (secondary N) is 1. The van der Waals surface area contributed by atoms with Gasteiger partial charge in [0.1, 0.15) is 11.9 Å². The smallest absolute Gasteiger partial charge is 0.142 e. The van der Waals surface area contributed by atoms with Crippen molar-refractivity contribution in [3.05, 3.63) is 23.8 Å². The van der Waals surface area contributed by atoms with Gasteiger partial charge in [-0.25, -0.2) is 0 Å². The van der Waals surface area contributed by atoms with Crippen molar-refractivity contribution in [2.45, 2.75) is 18.1 Å². The third kappa shape index (κ3) is 1.25. The Balaban J connectivity index is 2.14. The Morgan fingerprint density at radius 3 is 3.00 bits per heavy atom. The Morgan fingerprint density at radius 2 is 2.35 bits per heavy atom. The van der Waals surface area contributed by atoms with Crippen LogP contribution < -0.4 is 15.0 Å². The molecule has 92 valence electrons. The molecule has 4 nitrogen and oxygen atoms in total. The number of anilines is 1. The maximum atomic E-state index is 10.6. The highest BCUT2D eigenvalue weighted by molar-refractivity contribution is 5.71. The molecule has 1 saturated heterocycles. The Kier molecular flexibility index (Phi) is 2.31. The zero-order chi connectivity index (χ0) is 12.0. The molecule has 17 heavy (non-hydrogen) atoms. The second-order valence-corrected chi connectivity index (χ2v) is 4.89. The standard InChI is InChI=1S/C13H18N2O2/c1-15-11-9(4-3-5-10(11)17-2)12(16)13(15)6-7-14-8-13/h3-5,12,14,16H,6-8H2,1-2H3. The van der Waals surface area contributed by atoms with Crippen LogP contribution >= 0.6 is 0 Å². The first-order valence-corrected chi connectivity index (χ1v) is 6.00. The van der Waals surface area contributed by atoms with Gasteiger partial charge in [0.25, 0.3) is 0 Å². The van der Waals surface area contributed by atoms with Crippen LogP contribution in [0, 0.1) is 0 Å². The Hall–Kier alpha value is -1.26. The minimum absolute atomic E-state index is 0.197. The first-order valence-electron chi connectivity index (χ1n) is 6.00. The van der Waals surface area contributed by atoms with Gasteiger partial charge in [-0.1, -0.05) is 12.1 Å². The average molecular weight is 234 g/mol. The summed E-state index contributed by atoms with van der Waals surface area (Å²) >= 11 is 0. The summed E-state index contributed by atoms with van der Waals surface area (Å²) in [4.78, 5) is 2.19. The van der Waals surface area contributed by atoms with Crippen LogP contribution in [0.25, 0.3) is 0 Å². The fourth-order valence-corrected chi connectivity index (χ4v) is 3.20. The summed E-state index contributed by atoms with van der Waals surface area (Å²) < 4.78 is 5.41. The molecule has 2 heterocycles. The molecule has 1 aromatic rings. The van der Waals surface area contributed by atoms with E-state index in [0.717, 1.165) is 36.5 Å². The summed E-state index contributed by atoms with van der Waals surface area (Å²) in [6.07, 6.45) is 0.523. The van der Waals surface area contributed by atoms with Crippen molar-refractivity contribution in [1.29, 1.82) is 0 Å². The maximum absolute atomic E-state index is 10.6. The molecule has 2 aliphatic rings. The monoisotopic (exact) mass is 234 g/mol. The van der Waals surface area contributed by atoms with Gasteiger partial charge in [0.15, 0.2) is 0 Å². The maximum Gasteiger partial charge on any atom is 0.142 e. The molecule has 2 N–H and O–H groups in total. The Labute approximate surface area is 101 Å². The van der Waals surface area contributed by atoms with E-state index in [9.17, 15) is 5.11 Å². The van der Waals surface area contributed by atoms with E-state index < -0.39 is 6.10 Å². The molecule has 0 aromatic heterocycles. The zero-order valence-electron chi connectivity index (χ0n) is 10.2. The number of para-hydroxylation sites is 1. The fraction of sp³-hybridized carbons (Fsp3) is 0.538. The predicted molar refractivity (Wildman–Crippen MR) is 66.6 cm³/mol. The molecule has 2 unspecified atom stereocenters. The van der Waals surface area contributed by atoms with Crippen molar-refractivity contribution in [3.8, 4) is 5.75 Å². The number of hydrogen-bond acceptors (Lipinski definition) is 4. The van der Waals surface area contributed by atoms with E-state index in [2.05, 4.69) is 10.2 Å². The molecular weight excluding hydrogens is 216 g/mol. The van der Waals surface area contributed by atoms with Gasteiger partial charge in [-0.05, 0) is 19.0 Å². The Morgan fingerprint density at radius 1 is 1.53 bits per heavy atom. The van der Waals surface area contributed by atoms with E-state index in [4.69, 9.17) is 4.74 Å². The molecule has 2 aliphatic heterocycles. The van der Waals surface area contributed by atoms with Gasteiger partial charge in [0.05, 0.1) is 18.3 Å². The number of nitrogens with zero attached hydrogens (tertiary/aromatic N) is 1. The molecule has 1 fully saturated rings. The topological polar surface area (TPSA) is 44.7 Å². The number of rotatable bonds is 1. The van der Waals surface area contributed by atoms with Gasteiger partial charge >= 0.3 is 0 Å². The van der Waals surface area contributed by atoms with Crippen LogP contribution in [0.4, 0.5) is 5.69 Å². The molecule has 0 aliphatic carbocycles. The van der Waals surface area contributed by atoms with Gasteiger partial charge in [-0.15, -0.1) is 0 Å². The number of fused-ring (bicyclic) bond motifs is 1. The van der Waals surface area contributed by atoms with E-state index in [0.29, 0.717) is 0 Å². The average Bonchev–Trinajstić information content (AvgIpc) is 2.92. The van der Waals surface area contributed by atoms with Crippen LogP contribution in [0.2, 0.25) is 0 Å². The van der Waals surface area contributed by atoms with E-state index in [1.54, 1.807) is 7.11 Å². The van der Waals surface area contributed by atoms with E-state index >= 15 is 0 Å². The molecular formula is C13H18N2O2. The lowest BCUT2D eigenvalue weighted by molar-refractivity contribution is 0.105. The number of benzene rings is 1. The van der Waals surface area contributed by atoms with Crippen LogP contribution in [0.1, 0.15) is 18.1 Å². The summed E-state index contributed by atoms with van der Waals surface area (Å²) in [5.41, 5.74) is 1.82. The molecule has 0 saturated carbocycles. The summed E-state index contributed by atoms with van der Waals surface area (Å²) in [7, 11) is 3.72. The van der Waals surface area contributed by atoms with Crippen molar-refractivity contribution in [3.63, 3.8) is 0 Å². The number of likely N-dealkylation sites (N-methyl/N-ethyl adjacent to an activating group) is 1. The lowest BCUT2D eigenvalue weighted by Gasteiger charge is -2.35. The molecule has 3 rings (SSSR count). The summed E-state index contributed by atoms with van der Waals surface area (Å²) in [5, 5.41) is 13.9. The minimum Gasteiger partial charge on any atom is -0.495 e. The van der Waals surface area contributed by atoms with Crippen LogP contribution in [-0.4, -0.2) is 37.9 Å². The SMILES string of the molecule is COc1cccc2c1N(C)C1(CCNC1)C2O. The molecule has 1 aromatic carbocycles. The third-order valence-corrected chi connectivity index (χ3v) is 4.22. The minimum atomic E-state index is -0.437. The molecule has 1 spiro atoms. The normalized spacial score (nSPS) is 31.0. The van der Waals surface area contributed by atoms with E-state index in [1.807, 2.05) is 25.2 Å². The lowest BCUT2D eigenvalue weighted by Crippen LogP contribution is -2.48. The quantitative estimate of drug-likeness (QED) is 0.758. The van der Waals surface area contributed by atoms with Crippen molar-refractivity contribution < 1.29 is 9.84 Å². The lowest BCUT2D eigenvalue weighted by atomic mass is 9.90. The fourth-order valence-electron chi connectivity index (χ4n) is 3.20. The highest BCUT2D eigenvalue weighted by Gasteiger charge is 2.51. The van der Waals surface area contributed by atoms with E-state index in [1.165, 1.54) is 0 Å². The zero-order valence-corrected chi connectivity index (χ0v) is 10.2. The number of ether oxygens (including phenoxy) is 1. The summed E-state index contributed by atoms with van der Waals surface area (Å²) in [6.45, 7) is 1.78. The molecule has 0 bridgehead atoms. The highest BCUT2D eigenvalue weighted by Crippen LogP contribution is 2.51. The van der Waals surface area contributed by atoms with Gasteiger partial charge in [-0.2, -0.15) is 0 Å². The van der Waals surface area contributed by atoms with Crippen LogP contribution in [0.3, 0.4) is 0 Å². The van der Waals surface area contributed by atoms with Crippen LogP contribution in [0.5, 0.6) is 5.75 Å². The summed E-state index contributed by atoms with van der Waals surface area (Å²) in [5.74, 6) is 0.841. The van der Waals surface area contributed by atoms with Crippen molar-refractivity contribution >= 4 is 5.69 Å². The first-order chi connectivity index (χ1) is 8.20. The number of aliphatic hydroxyl groups is 1. The largest absolute Gasteiger partial charge is 0.495 e. The van der Waals surface area contributed by atoms with Gasteiger partial charge in [0, 0.05) is 19.2 Å². The second-order valence-electron chi connectivity index (χ2n) is 4.89. The first kappa shape index (κ1) is 10.9. The number of aliphatic hydroxyl groups excluding tert-OH is 1. The highest BCUT2D eigenvalue weighted by atomic mass is 16.5. The van der Waals surface area contributed by atoms with Crippen LogP contribution in [-0.2, 0) is 0 Å². The van der Waals surface area contributed by atoms with Gasteiger partial charge < -0.3 is 20.1 Å². The van der Waals surface area contributed by atoms with Gasteiger partial charge in [0.2, 0.25) is 0 Å². The van der Waals surface area contributed by atoms with Crippen molar-refractivity contribution in [2.75, 3.05) is 32.1 Å². The van der Waals surface area contributed by atoms with Gasteiger partial charge in [-0.3, -0.25) is 0 Å². The Bertz CT molecular complexity index is 441. The number of methoxy groups -OCH3 is 1. The third-order valence-electron chi connectivity index (χ3n) is 4.22. The van der Waals surface area contributed by atoms with E-state index in [-0.39, 0.29) is 5.54 Å². The molecule has 0 radical (unpaired) electrons. The predicted octanol–water partition coefficient (Wildman–Crippen LogP) is 0.910.